The summed E-state index contributed by atoms with van der Waals surface area (Å²) in [6.07, 6.45) is 1.10. The molecule has 0 aliphatic rings. The van der Waals surface area contributed by atoms with Crippen molar-refractivity contribution in [2.45, 2.75) is 39.8 Å². The van der Waals surface area contributed by atoms with Gasteiger partial charge in [0.2, 0.25) is 0 Å². The Morgan fingerprint density at radius 2 is 1.69 bits per heavy atom. The van der Waals surface area contributed by atoms with Crippen LogP contribution in [0.25, 0.3) is 0 Å². The number of rotatable bonds is 6. The van der Waals surface area contributed by atoms with Gasteiger partial charge in [0.05, 0.1) is 0 Å². The number of hydrogen-bond acceptors (Lipinski definition) is 1. The summed E-state index contributed by atoms with van der Waals surface area (Å²) in [5, 5.41) is 3.49. The first-order valence-electron chi connectivity index (χ1n) is 6.04. The van der Waals surface area contributed by atoms with E-state index in [4.69, 9.17) is 11.6 Å². The Morgan fingerprint density at radius 1 is 1.12 bits per heavy atom. The Labute approximate surface area is 104 Å². The van der Waals surface area contributed by atoms with E-state index in [9.17, 15) is 0 Å². The third-order valence-electron chi connectivity index (χ3n) is 2.97. The average molecular weight is 240 g/mol. The van der Waals surface area contributed by atoms with Gasteiger partial charge < -0.3 is 5.32 Å². The van der Waals surface area contributed by atoms with Crippen LogP contribution in [-0.2, 0) is 13.0 Å². The number of alkyl halides is 1. The van der Waals surface area contributed by atoms with Crippen molar-refractivity contribution in [2.24, 2.45) is 5.92 Å². The molecule has 0 radical (unpaired) electrons. The lowest BCUT2D eigenvalue weighted by atomic mass is 10.1. The van der Waals surface area contributed by atoms with Crippen LogP contribution in [0.5, 0.6) is 0 Å². The van der Waals surface area contributed by atoms with Crippen LogP contribution in [0.1, 0.15) is 31.9 Å². The van der Waals surface area contributed by atoms with Gasteiger partial charge in [0.15, 0.2) is 0 Å². The van der Waals surface area contributed by atoms with Gasteiger partial charge in [-0.25, -0.2) is 0 Å². The summed E-state index contributed by atoms with van der Waals surface area (Å²) in [6, 6.07) is 9.17. The molecule has 0 aromatic heterocycles. The van der Waals surface area contributed by atoms with Crippen molar-refractivity contribution in [3.05, 3.63) is 35.4 Å². The zero-order valence-electron chi connectivity index (χ0n) is 10.5. The van der Waals surface area contributed by atoms with Gasteiger partial charge in [-0.3, -0.25) is 0 Å². The maximum atomic E-state index is 5.91. The van der Waals surface area contributed by atoms with Crippen LogP contribution in [0.3, 0.4) is 0 Å². The molecule has 90 valence electrons. The molecule has 0 bridgehead atoms. The highest BCUT2D eigenvalue weighted by Gasteiger charge is 2.10. The van der Waals surface area contributed by atoms with E-state index in [2.05, 4.69) is 50.4 Å². The van der Waals surface area contributed by atoms with E-state index >= 15 is 0 Å². The molecule has 1 atom stereocenters. The predicted octanol–water partition coefficient (Wildman–Crippen LogP) is 3.60. The Kier molecular flexibility index (Phi) is 5.86. The number of nitrogens with one attached hydrogen (secondary N) is 1. The van der Waals surface area contributed by atoms with Crippen molar-refractivity contribution < 1.29 is 0 Å². The van der Waals surface area contributed by atoms with Gasteiger partial charge in [-0.15, -0.1) is 11.6 Å². The molecule has 0 amide bonds. The summed E-state index contributed by atoms with van der Waals surface area (Å²) in [4.78, 5) is 0. The molecule has 1 N–H and O–H groups in total. The molecule has 0 aliphatic carbocycles. The number of halogens is 1. The molecule has 2 heteroatoms. The first-order chi connectivity index (χ1) is 7.67. The zero-order valence-corrected chi connectivity index (χ0v) is 11.2. The summed E-state index contributed by atoms with van der Waals surface area (Å²) >= 11 is 5.91. The molecular formula is C14H22ClN. The molecule has 1 nitrogen and oxygen atoms in total. The van der Waals surface area contributed by atoms with E-state index in [-0.39, 0.29) is 0 Å². The Hall–Kier alpha value is -0.530. The van der Waals surface area contributed by atoms with Crippen molar-refractivity contribution in [2.75, 3.05) is 5.88 Å². The Morgan fingerprint density at radius 3 is 2.12 bits per heavy atom. The summed E-state index contributed by atoms with van der Waals surface area (Å²) in [5.41, 5.74) is 2.72. The maximum absolute atomic E-state index is 5.91. The Bertz CT molecular complexity index is 292. The summed E-state index contributed by atoms with van der Waals surface area (Å²) < 4.78 is 0. The highest BCUT2D eigenvalue weighted by molar-refractivity contribution is 6.18. The number of hydrogen-bond donors (Lipinski definition) is 1. The molecule has 0 saturated heterocycles. The highest BCUT2D eigenvalue weighted by atomic mass is 35.5. The van der Waals surface area contributed by atoms with Crippen LogP contribution in [0.15, 0.2) is 24.3 Å². The fourth-order valence-corrected chi connectivity index (χ4v) is 2.08. The van der Waals surface area contributed by atoms with Gasteiger partial charge in [-0.1, -0.05) is 45.0 Å². The first kappa shape index (κ1) is 13.5. The third-order valence-corrected chi connectivity index (χ3v) is 3.30. The van der Waals surface area contributed by atoms with E-state index < -0.39 is 0 Å². The molecule has 0 aliphatic heterocycles. The molecule has 1 aromatic rings. The largest absolute Gasteiger partial charge is 0.308 e. The second-order valence-corrected chi connectivity index (χ2v) is 4.86. The minimum absolute atomic E-state index is 0.396. The third kappa shape index (κ3) is 4.15. The first-order valence-corrected chi connectivity index (χ1v) is 6.58. The monoisotopic (exact) mass is 239 g/mol. The van der Waals surface area contributed by atoms with Gasteiger partial charge in [0.25, 0.3) is 0 Å². The maximum Gasteiger partial charge on any atom is 0.0380 e. The van der Waals surface area contributed by atoms with Gasteiger partial charge in [0, 0.05) is 18.5 Å². The average Bonchev–Trinajstić information content (AvgIpc) is 2.30. The molecule has 1 rings (SSSR count). The van der Waals surface area contributed by atoms with Gasteiger partial charge in [-0.2, -0.15) is 0 Å². The standard InChI is InChI=1S/C14H22ClN/c1-4-12-5-7-13(8-6-12)10-16-14(9-15)11(2)3/h5-8,11,14,16H,4,9-10H2,1-3H3. The van der Waals surface area contributed by atoms with Crippen LogP contribution in [0, 0.1) is 5.92 Å². The summed E-state index contributed by atoms with van der Waals surface area (Å²) in [6.45, 7) is 7.47. The molecular weight excluding hydrogens is 218 g/mol. The smallest absolute Gasteiger partial charge is 0.0380 e. The lowest BCUT2D eigenvalue weighted by Gasteiger charge is -2.19. The van der Waals surface area contributed by atoms with Crippen LogP contribution < -0.4 is 5.32 Å². The normalized spacial score (nSPS) is 13.1. The van der Waals surface area contributed by atoms with E-state index in [1.165, 1.54) is 11.1 Å². The topological polar surface area (TPSA) is 12.0 Å². The number of aryl methyl sites for hydroxylation is 1. The van der Waals surface area contributed by atoms with E-state index in [0.717, 1.165) is 13.0 Å². The van der Waals surface area contributed by atoms with Crippen molar-refractivity contribution in [1.82, 2.24) is 5.32 Å². The fourth-order valence-electron chi connectivity index (χ4n) is 1.61. The van der Waals surface area contributed by atoms with Crippen molar-refractivity contribution >= 4 is 11.6 Å². The van der Waals surface area contributed by atoms with E-state index in [0.29, 0.717) is 17.8 Å². The second-order valence-electron chi connectivity index (χ2n) is 4.56. The molecule has 0 fully saturated rings. The lowest BCUT2D eigenvalue weighted by molar-refractivity contribution is 0.430. The van der Waals surface area contributed by atoms with Gasteiger partial charge in [0.1, 0.15) is 0 Å². The summed E-state index contributed by atoms with van der Waals surface area (Å²) in [7, 11) is 0. The van der Waals surface area contributed by atoms with E-state index in [1.807, 2.05) is 0 Å². The van der Waals surface area contributed by atoms with Crippen LogP contribution in [-0.4, -0.2) is 11.9 Å². The molecule has 0 spiro atoms. The quantitative estimate of drug-likeness (QED) is 0.748. The van der Waals surface area contributed by atoms with Gasteiger partial charge >= 0.3 is 0 Å². The SMILES string of the molecule is CCc1ccc(CNC(CCl)C(C)C)cc1. The van der Waals surface area contributed by atoms with Crippen LogP contribution in [0.2, 0.25) is 0 Å². The molecule has 0 saturated carbocycles. The van der Waals surface area contributed by atoms with Crippen molar-refractivity contribution in [1.29, 1.82) is 0 Å². The fraction of sp³-hybridized carbons (Fsp3) is 0.571. The van der Waals surface area contributed by atoms with Gasteiger partial charge in [-0.05, 0) is 23.5 Å². The lowest BCUT2D eigenvalue weighted by Crippen LogP contribution is -2.34. The highest BCUT2D eigenvalue weighted by Crippen LogP contribution is 2.08. The zero-order chi connectivity index (χ0) is 12.0. The van der Waals surface area contributed by atoms with Crippen LogP contribution in [0.4, 0.5) is 0 Å². The van der Waals surface area contributed by atoms with E-state index in [1.54, 1.807) is 0 Å². The van der Waals surface area contributed by atoms with Crippen molar-refractivity contribution in [3.63, 3.8) is 0 Å². The van der Waals surface area contributed by atoms with Crippen molar-refractivity contribution in [3.8, 4) is 0 Å². The molecule has 16 heavy (non-hydrogen) atoms. The molecule has 1 aromatic carbocycles. The molecule has 0 heterocycles. The molecule has 1 unspecified atom stereocenters. The summed E-state index contributed by atoms with van der Waals surface area (Å²) in [5.74, 6) is 1.25. The minimum Gasteiger partial charge on any atom is -0.308 e. The number of benzene rings is 1. The Balaban J connectivity index is 2.47. The minimum atomic E-state index is 0.396. The van der Waals surface area contributed by atoms with Crippen LogP contribution >= 0.6 is 11.6 Å². The predicted molar refractivity (Wildman–Crippen MR) is 72.0 cm³/mol. The second kappa shape index (κ2) is 6.93.